The molecule has 0 spiro atoms. The first kappa shape index (κ1) is 24.6. The van der Waals surface area contributed by atoms with E-state index in [1.54, 1.807) is 23.7 Å². The number of likely N-dealkylation sites (N-methyl/N-ethyl adjacent to an activating group) is 1. The SMILES string of the molecule is CNC(=O)[C@H](Cc1ccccc1)N(Cc1ccc(C)cc1)C(=O)CCSc1ccc(C)cc1. The molecule has 5 heteroatoms. The average molecular weight is 461 g/mol. The number of amides is 2. The van der Waals surface area contributed by atoms with E-state index in [0.29, 0.717) is 25.1 Å². The van der Waals surface area contributed by atoms with Crippen LogP contribution in [0.4, 0.5) is 0 Å². The molecular formula is C28H32N2O2S. The standard InChI is InChI=1S/C28H32N2O2S/c1-21-9-13-24(14-10-21)20-30(26(28(32)29-3)19-23-7-5-4-6-8-23)27(31)17-18-33-25-15-11-22(2)12-16-25/h4-16,26H,17-20H2,1-3H3,(H,29,32)/t26-/m0/s1. The van der Waals surface area contributed by atoms with Crippen molar-refractivity contribution < 1.29 is 9.59 Å². The number of hydrogen-bond acceptors (Lipinski definition) is 3. The van der Waals surface area contributed by atoms with Gasteiger partial charge in [-0.15, -0.1) is 11.8 Å². The molecule has 0 saturated heterocycles. The number of carbonyl (C=O) groups is 2. The molecule has 172 valence electrons. The zero-order valence-corrected chi connectivity index (χ0v) is 20.4. The fourth-order valence-corrected chi connectivity index (χ4v) is 4.49. The van der Waals surface area contributed by atoms with Crippen molar-refractivity contribution in [1.29, 1.82) is 0 Å². The third-order valence-electron chi connectivity index (χ3n) is 5.60. The quantitative estimate of drug-likeness (QED) is 0.425. The fourth-order valence-electron chi connectivity index (χ4n) is 3.65. The van der Waals surface area contributed by atoms with Crippen LogP contribution in [0.5, 0.6) is 0 Å². The molecule has 0 aliphatic carbocycles. The predicted molar refractivity (Wildman–Crippen MR) is 136 cm³/mol. The highest BCUT2D eigenvalue weighted by molar-refractivity contribution is 7.99. The summed E-state index contributed by atoms with van der Waals surface area (Å²) in [6.07, 6.45) is 0.843. The number of aryl methyl sites for hydroxylation is 2. The van der Waals surface area contributed by atoms with Crippen LogP contribution in [0.25, 0.3) is 0 Å². The van der Waals surface area contributed by atoms with E-state index >= 15 is 0 Å². The van der Waals surface area contributed by atoms with Crippen molar-refractivity contribution >= 4 is 23.6 Å². The van der Waals surface area contributed by atoms with Gasteiger partial charge in [0.1, 0.15) is 6.04 Å². The Morgan fingerprint density at radius 2 is 1.45 bits per heavy atom. The van der Waals surface area contributed by atoms with Crippen LogP contribution in [0.15, 0.2) is 83.8 Å². The molecule has 3 aromatic carbocycles. The maximum Gasteiger partial charge on any atom is 0.242 e. The molecule has 0 radical (unpaired) electrons. The highest BCUT2D eigenvalue weighted by Crippen LogP contribution is 2.21. The van der Waals surface area contributed by atoms with Gasteiger partial charge in [0, 0.05) is 37.1 Å². The second-order valence-corrected chi connectivity index (χ2v) is 9.41. The van der Waals surface area contributed by atoms with Crippen molar-refractivity contribution in [1.82, 2.24) is 10.2 Å². The third kappa shape index (κ3) is 7.50. The predicted octanol–water partition coefficient (Wildman–Crippen LogP) is 5.17. The fraction of sp³-hybridized carbons (Fsp3) is 0.286. The number of carbonyl (C=O) groups excluding carboxylic acids is 2. The van der Waals surface area contributed by atoms with Crippen LogP contribution in [0.3, 0.4) is 0 Å². The minimum Gasteiger partial charge on any atom is -0.357 e. The van der Waals surface area contributed by atoms with Gasteiger partial charge in [-0.3, -0.25) is 9.59 Å². The lowest BCUT2D eigenvalue weighted by Gasteiger charge is -2.31. The van der Waals surface area contributed by atoms with Gasteiger partial charge in [0.2, 0.25) is 11.8 Å². The van der Waals surface area contributed by atoms with E-state index in [1.165, 1.54) is 11.1 Å². The van der Waals surface area contributed by atoms with E-state index < -0.39 is 6.04 Å². The van der Waals surface area contributed by atoms with E-state index in [0.717, 1.165) is 16.0 Å². The minimum atomic E-state index is -0.574. The zero-order valence-electron chi connectivity index (χ0n) is 19.6. The van der Waals surface area contributed by atoms with Gasteiger partial charge in [-0.2, -0.15) is 0 Å². The summed E-state index contributed by atoms with van der Waals surface area (Å²) in [4.78, 5) is 29.3. The Hall–Kier alpha value is -3.05. The van der Waals surface area contributed by atoms with Gasteiger partial charge >= 0.3 is 0 Å². The highest BCUT2D eigenvalue weighted by atomic mass is 32.2. The number of thioether (sulfide) groups is 1. The summed E-state index contributed by atoms with van der Waals surface area (Å²) >= 11 is 1.66. The second kappa shape index (κ2) is 12.3. The molecule has 0 aromatic heterocycles. The Morgan fingerprint density at radius 1 is 0.848 bits per heavy atom. The van der Waals surface area contributed by atoms with Crippen LogP contribution < -0.4 is 5.32 Å². The highest BCUT2D eigenvalue weighted by Gasteiger charge is 2.29. The van der Waals surface area contributed by atoms with Gasteiger partial charge in [0.25, 0.3) is 0 Å². The van der Waals surface area contributed by atoms with E-state index in [-0.39, 0.29) is 11.8 Å². The van der Waals surface area contributed by atoms with Gasteiger partial charge < -0.3 is 10.2 Å². The first-order chi connectivity index (χ1) is 16.0. The Morgan fingerprint density at radius 3 is 2.06 bits per heavy atom. The maximum atomic E-state index is 13.4. The molecular weight excluding hydrogens is 428 g/mol. The molecule has 0 aliphatic rings. The van der Waals surface area contributed by atoms with Crippen LogP contribution in [-0.2, 0) is 22.6 Å². The summed E-state index contributed by atoms with van der Waals surface area (Å²) in [5, 5.41) is 2.76. The molecule has 1 N–H and O–H groups in total. The molecule has 3 rings (SSSR count). The van der Waals surface area contributed by atoms with Gasteiger partial charge in [-0.1, -0.05) is 77.9 Å². The van der Waals surface area contributed by atoms with Crippen molar-refractivity contribution in [2.75, 3.05) is 12.8 Å². The summed E-state index contributed by atoms with van der Waals surface area (Å²) in [5.74, 6) is 0.503. The second-order valence-electron chi connectivity index (χ2n) is 8.24. The molecule has 0 bridgehead atoms. The molecule has 0 saturated carbocycles. The Labute approximate surface area is 201 Å². The number of hydrogen-bond donors (Lipinski definition) is 1. The molecule has 2 amide bonds. The van der Waals surface area contributed by atoms with E-state index in [4.69, 9.17) is 0 Å². The van der Waals surface area contributed by atoms with Crippen LogP contribution in [0, 0.1) is 13.8 Å². The molecule has 3 aromatic rings. The first-order valence-electron chi connectivity index (χ1n) is 11.3. The summed E-state index contributed by atoms with van der Waals surface area (Å²) < 4.78 is 0. The van der Waals surface area contributed by atoms with E-state index in [1.807, 2.05) is 61.5 Å². The van der Waals surface area contributed by atoms with Crippen LogP contribution >= 0.6 is 11.8 Å². The molecule has 0 aliphatic heterocycles. The summed E-state index contributed by atoms with van der Waals surface area (Å²) in [5.41, 5.74) is 4.43. The smallest absolute Gasteiger partial charge is 0.242 e. The van der Waals surface area contributed by atoms with Crippen molar-refractivity contribution in [3.63, 3.8) is 0 Å². The van der Waals surface area contributed by atoms with Crippen LogP contribution in [0.2, 0.25) is 0 Å². The molecule has 33 heavy (non-hydrogen) atoms. The summed E-state index contributed by atoms with van der Waals surface area (Å²) in [7, 11) is 1.63. The van der Waals surface area contributed by atoms with E-state index in [2.05, 4.69) is 36.5 Å². The molecule has 4 nitrogen and oxygen atoms in total. The average Bonchev–Trinajstić information content (AvgIpc) is 2.83. The Kier molecular flexibility index (Phi) is 9.14. The number of benzene rings is 3. The summed E-state index contributed by atoms with van der Waals surface area (Å²) in [6, 6.07) is 25.7. The van der Waals surface area contributed by atoms with Gasteiger partial charge in [0.15, 0.2) is 0 Å². The third-order valence-corrected chi connectivity index (χ3v) is 6.61. The maximum absolute atomic E-state index is 13.4. The Balaban J connectivity index is 1.79. The van der Waals surface area contributed by atoms with Crippen molar-refractivity contribution in [2.24, 2.45) is 0 Å². The lowest BCUT2D eigenvalue weighted by molar-refractivity contribution is -0.140. The van der Waals surface area contributed by atoms with E-state index in [9.17, 15) is 9.59 Å². The molecule has 1 atom stereocenters. The van der Waals surface area contributed by atoms with Gasteiger partial charge in [-0.25, -0.2) is 0 Å². The summed E-state index contributed by atoms with van der Waals surface area (Å²) in [6.45, 7) is 4.50. The number of nitrogens with zero attached hydrogens (tertiary/aromatic N) is 1. The first-order valence-corrected chi connectivity index (χ1v) is 12.2. The van der Waals surface area contributed by atoms with Crippen molar-refractivity contribution in [3.8, 4) is 0 Å². The topological polar surface area (TPSA) is 49.4 Å². The van der Waals surface area contributed by atoms with Gasteiger partial charge in [0.05, 0.1) is 0 Å². The number of nitrogens with one attached hydrogen (secondary N) is 1. The monoisotopic (exact) mass is 460 g/mol. The minimum absolute atomic E-state index is 0.0142. The number of rotatable bonds is 10. The lowest BCUT2D eigenvalue weighted by atomic mass is 10.0. The molecule has 0 unspecified atom stereocenters. The Bertz CT molecular complexity index is 1030. The van der Waals surface area contributed by atoms with Crippen LogP contribution in [0.1, 0.15) is 28.7 Å². The van der Waals surface area contributed by atoms with Gasteiger partial charge in [-0.05, 0) is 37.1 Å². The zero-order chi connectivity index (χ0) is 23.6. The van der Waals surface area contributed by atoms with Crippen molar-refractivity contribution in [2.45, 2.75) is 44.2 Å². The molecule has 0 heterocycles. The van der Waals surface area contributed by atoms with Crippen LogP contribution in [-0.4, -0.2) is 35.6 Å². The molecule has 0 fully saturated rings. The van der Waals surface area contributed by atoms with Crippen molar-refractivity contribution in [3.05, 3.63) is 101 Å². The lowest BCUT2D eigenvalue weighted by Crippen LogP contribution is -2.49. The normalized spacial score (nSPS) is 11.6. The largest absolute Gasteiger partial charge is 0.357 e.